The Morgan fingerprint density at radius 3 is 3.05 bits per heavy atom. The van der Waals surface area contributed by atoms with Crippen LogP contribution in [0.2, 0.25) is 0 Å². The predicted octanol–water partition coefficient (Wildman–Crippen LogP) is 1.54. The summed E-state index contributed by atoms with van der Waals surface area (Å²) in [5.41, 5.74) is 1.91. The summed E-state index contributed by atoms with van der Waals surface area (Å²) in [6.45, 7) is 0.624. The van der Waals surface area contributed by atoms with Crippen molar-refractivity contribution in [1.29, 1.82) is 0 Å². The molecule has 1 saturated heterocycles. The van der Waals surface area contributed by atoms with Gasteiger partial charge in [0.15, 0.2) is 0 Å². The minimum atomic E-state index is -0.0310. The Labute approximate surface area is 127 Å². The first kappa shape index (κ1) is 13.9. The van der Waals surface area contributed by atoms with E-state index in [1.54, 1.807) is 35.5 Å². The Kier molecular flexibility index (Phi) is 3.83. The molecular weight excluding hydrogens is 288 g/mol. The van der Waals surface area contributed by atoms with E-state index in [9.17, 15) is 4.79 Å². The van der Waals surface area contributed by atoms with Crippen molar-refractivity contribution in [2.75, 3.05) is 19.9 Å². The summed E-state index contributed by atoms with van der Waals surface area (Å²) in [6, 6.07) is 7.85. The van der Waals surface area contributed by atoms with Crippen molar-refractivity contribution in [2.24, 2.45) is 0 Å². The van der Waals surface area contributed by atoms with Crippen molar-refractivity contribution >= 4 is 17.7 Å². The van der Waals surface area contributed by atoms with Gasteiger partial charge in [-0.2, -0.15) is 0 Å². The Morgan fingerprint density at radius 2 is 2.33 bits per heavy atom. The second kappa shape index (κ2) is 5.77. The van der Waals surface area contributed by atoms with Crippen molar-refractivity contribution in [2.45, 2.75) is 11.9 Å². The minimum Gasteiger partial charge on any atom is -0.497 e. The molecular formula is C14H16N4O2S. The number of aromatic nitrogens is 3. The fraction of sp³-hybridized carbons (Fsp3) is 0.357. The monoisotopic (exact) mass is 304 g/mol. The lowest BCUT2D eigenvalue weighted by Crippen LogP contribution is -2.23. The van der Waals surface area contributed by atoms with Gasteiger partial charge in [-0.25, -0.2) is 4.68 Å². The Balaban J connectivity index is 1.74. The van der Waals surface area contributed by atoms with Gasteiger partial charge in [0.05, 0.1) is 25.6 Å². The molecule has 2 aromatic rings. The number of hydrogen-bond acceptors (Lipinski definition) is 5. The van der Waals surface area contributed by atoms with Gasteiger partial charge < -0.3 is 9.64 Å². The first-order valence-electron chi connectivity index (χ1n) is 6.57. The van der Waals surface area contributed by atoms with E-state index in [0.717, 1.165) is 17.0 Å². The summed E-state index contributed by atoms with van der Waals surface area (Å²) in [4.78, 5) is 13.3. The largest absolute Gasteiger partial charge is 0.497 e. The van der Waals surface area contributed by atoms with Crippen LogP contribution in [0.15, 0.2) is 30.5 Å². The molecule has 0 radical (unpaired) electrons. The van der Waals surface area contributed by atoms with E-state index in [-0.39, 0.29) is 11.3 Å². The summed E-state index contributed by atoms with van der Waals surface area (Å²) in [5.74, 6) is 1.46. The van der Waals surface area contributed by atoms with Crippen molar-refractivity contribution < 1.29 is 9.53 Å². The molecule has 0 unspecified atom stereocenters. The van der Waals surface area contributed by atoms with E-state index in [4.69, 9.17) is 4.74 Å². The number of hydrogen-bond donors (Lipinski definition) is 0. The summed E-state index contributed by atoms with van der Waals surface area (Å²) in [7, 11) is 3.45. The zero-order valence-corrected chi connectivity index (χ0v) is 12.7. The Morgan fingerprint density at radius 1 is 1.48 bits per heavy atom. The van der Waals surface area contributed by atoms with E-state index >= 15 is 0 Å². The topological polar surface area (TPSA) is 60.2 Å². The van der Waals surface area contributed by atoms with E-state index in [0.29, 0.717) is 12.3 Å². The van der Waals surface area contributed by atoms with Crippen LogP contribution in [0.25, 0.3) is 0 Å². The number of benzene rings is 1. The van der Waals surface area contributed by atoms with Crippen LogP contribution in [-0.4, -0.2) is 45.7 Å². The van der Waals surface area contributed by atoms with Crippen LogP contribution in [0.1, 0.15) is 16.6 Å². The van der Waals surface area contributed by atoms with Crippen molar-refractivity contribution in [3.63, 3.8) is 0 Å². The SMILES string of the molecule is COc1cccc(Cn2cc([C@@H]3SCC(=O)N3C)nn2)c1. The number of thioether (sulfide) groups is 1. The number of carbonyl (C=O) groups is 1. The molecule has 110 valence electrons. The van der Waals surface area contributed by atoms with E-state index < -0.39 is 0 Å². The molecule has 1 aliphatic rings. The van der Waals surface area contributed by atoms with Gasteiger partial charge in [0.25, 0.3) is 0 Å². The standard InChI is InChI=1S/C14H16N4O2S/c1-17-13(19)9-21-14(17)12-8-18(16-15-12)7-10-4-3-5-11(6-10)20-2/h3-6,8,14H,7,9H2,1-2H3/t14-/m0/s1. The molecule has 0 saturated carbocycles. The molecule has 21 heavy (non-hydrogen) atoms. The molecule has 0 N–H and O–H groups in total. The smallest absolute Gasteiger partial charge is 0.233 e. The number of ether oxygens (including phenoxy) is 1. The highest BCUT2D eigenvalue weighted by Crippen LogP contribution is 2.35. The summed E-state index contributed by atoms with van der Waals surface area (Å²) in [6.07, 6.45) is 1.90. The van der Waals surface area contributed by atoms with Gasteiger partial charge in [-0.3, -0.25) is 4.79 Å². The van der Waals surface area contributed by atoms with Crippen LogP contribution in [0.4, 0.5) is 0 Å². The highest BCUT2D eigenvalue weighted by atomic mass is 32.2. The average molecular weight is 304 g/mol. The average Bonchev–Trinajstić information content (AvgIpc) is 3.07. The third-order valence-corrected chi connectivity index (χ3v) is 4.69. The number of amides is 1. The lowest BCUT2D eigenvalue weighted by atomic mass is 10.2. The van der Waals surface area contributed by atoms with Gasteiger partial charge >= 0.3 is 0 Å². The highest BCUT2D eigenvalue weighted by Gasteiger charge is 2.31. The maximum atomic E-state index is 11.6. The summed E-state index contributed by atoms with van der Waals surface area (Å²) >= 11 is 1.58. The van der Waals surface area contributed by atoms with Gasteiger partial charge in [0.1, 0.15) is 16.8 Å². The number of methoxy groups -OCH3 is 1. The molecule has 6 nitrogen and oxygen atoms in total. The van der Waals surface area contributed by atoms with Gasteiger partial charge in [0.2, 0.25) is 5.91 Å². The molecule has 1 aromatic heterocycles. The second-order valence-electron chi connectivity index (χ2n) is 4.86. The van der Waals surface area contributed by atoms with Crippen molar-refractivity contribution in [3.05, 3.63) is 41.7 Å². The number of rotatable bonds is 4. The van der Waals surface area contributed by atoms with Gasteiger partial charge in [-0.05, 0) is 17.7 Å². The first-order chi connectivity index (χ1) is 10.2. The summed E-state index contributed by atoms with van der Waals surface area (Å²) < 4.78 is 6.99. The van der Waals surface area contributed by atoms with E-state index in [1.807, 2.05) is 30.5 Å². The molecule has 1 atom stereocenters. The molecule has 2 heterocycles. The number of carbonyl (C=O) groups excluding carboxylic acids is 1. The molecule has 0 aliphatic carbocycles. The zero-order valence-electron chi connectivity index (χ0n) is 11.9. The van der Waals surface area contributed by atoms with Crippen LogP contribution in [0, 0.1) is 0 Å². The molecule has 3 rings (SSSR count). The normalized spacial score (nSPS) is 18.3. The van der Waals surface area contributed by atoms with Gasteiger partial charge in [0, 0.05) is 7.05 Å². The molecule has 7 heteroatoms. The Hall–Kier alpha value is -2.02. The molecule has 0 spiro atoms. The van der Waals surface area contributed by atoms with Crippen molar-refractivity contribution in [1.82, 2.24) is 19.9 Å². The fourth-order valence-electron chi connectivity index (χ4n) is 2.24. The van der Waals surface area contributed by atoms with Crippen LogP contribution < -0.4 is 4.74 Å². The van der Waals surface area contributed by atoms with Crippen LogP contribution in [-0.2, 0) is 11.3 Å². The quantitative estimate of drug-likeness (QED) is 0.857. The highest BCUT2D eigenvalue weighted by molar-refractivity contribution is 8.00. The predicted molar refractivity (Wildman–Crippen MR) is 80.1 cm³/mol. The Bertz CT molecular complexity index is 658. The fourth-order valence-corrected chi connectivity index (χ4v) is 3.36. The lowest BCUT2D eigenvalue weighted by Gasteiger charge is -2.15. The number of nitrogens with zero attached hydrogens (tertiary/aromatic N) is 4. The molecule has 1 amide bonds. The maximum absolute atomic E-state index is 11.6. The third-order valence-electron chi connectivity index (χ3n) is 3.40. The van der Waals surface area contributed by atoms with Crippen LogP contribution >= 0.6 is 11.8 Å². The second-order valence-corrected chi connectivity index (χ2v) is 5.93. The van der Waals surface area contributed by atoms with Crippen LogP contribution in [0.5, 0.6) is 5.75 Å². The lowest BCUT2D eigenvalue weighted by molar-refractivity contribution is -0.126. The first-order valence-corrected chi connectivity index (χ1v) is 7.62. The zero-order chi connectivity index (χ0) is 14.8. The summed E-state index contributed by atoms with van der Waals surface area (Å²) in [5, 5.41) is 8.30. The molecule has 1 fully saturated rings. The van der Waals surface area contributed by atoms with Gasteiger partial charge in [-0.1, -0.05) is 17.3 Å². The van der Waals surface area contributed by atoms with Crippen molar-refractivity contribution in [3.8, 4) is 5.75 Å². The maximum Gasteiger partial charge on any atom is 0.233 e. The molecule has 1 aromatic carbocycles. The minimum absolute atomic E-state index is 0.0310. The molecule has 1 aliphatic heterocycles. The molecule has 0 bridgehead atoms. The van der Waals surface area contributed by atoms with Gasteiger partial charge in [-0.15, -0.1) is 16.9 Å². The third kappa shape index (κ3) is 2.87. The van der Waals surface area contributed by atoms with Crippen LogP contribution in [0.3, 0.4) is 0 Å². The van der Waals surface area contributed by atoms with E-state index in [1.165, 1.54) is 0 Å². The van der Waals surface area contributed by atoms with E-state index in [2.05, 4.69) is 10.3 Å².